The third-order valence-corrected chi connectivity index (χ3v) is 3.05. The summed E-state index contributed by atoms with van der Waals surface area (Å²) in [5, 5.41) is 11.9. The molecule has 0 saturated heterocycles. The first kappa shape index (κ1) is 15.2. The molecule has 6 nitrogen and oxygen atoms in total. The van der Waals surface area contributed by atoms with E-state index >= 15 is 0 Å². The van der Waals surface area contributed by atoms with Crippen LogP contribution in [0.15, 0.2) is 17.2 Å². The normalized spacial score (nSPS) is 14.2. The summed E-state index contributed by atoms with van der Waals surface area (Å²) >= 11 is 0. The van der Waals surface area contributed by atoms with Crippen molar-refractivity contribution in [2.75, 3.05) is 5.32 Å². The molecule has 0 saturated carbocycles. The monoisotopic (exact) mass is 267 g/mol. The summed E-state index contributed by atoms with van der Waals surface area (Å²) in [5.74, 6) is -0.602. The van der Waals surface area contributed by atoms with Crippen LogP contribution in [0.5, 0.6) is 0 Å². The van der Waals surface area contributed by atoms with Crippen molar-refractivity contribution in [3.63, 3.8) is 0 Å². The Morgan fingerprint density at radius 2 is 2.21 bits per heavy atom. The van der Waals surface area contributed by atoms with Crippen molar-refractivity contribution in [3.8, 4) is 0 Å². The molecule has 0 aliphatic carbocycles. The fraction of sp³-hybridized carbons (Fsp3) is 0.615. The molecule has 0 spiro atoms. The van der Waals surface area contributed by atoms with E-state index in [4.69, 9.17) is 0 Å². The Balaban J connectivity index is 3.09. The lowest BCUT2D eigenvalue weighted by Crippen LogP contribution is -2.45. The zero-order valence-corrected chi connectivity index (χ0v) is 11.8. The summed E-state index contributed by atoms with van der Waals surface area (Å²) in [6.45, 7) is 7.87. The molecule has 6 heteroatoms. The maximum absolute atomic E-state index is 12.2. The van der Waals surface area contributed by atoms with E-state index in [0.29, 0.717) is 18.9 Å². The first-order chi connectivity index (χ1) is 8.80. The zero-order chi connectivity index (χ0) is 14.6. The number of rotatable bonds is 6. The third kappa shape index (κ3) is 3.56. The third-order valence-electron chi connectivity index (χ3n) is 3.05. The minimum Gasteiger partial charge on any atom is -0.480 e. The Morgan fingerprint density at radius 3 is 2.68 bits per heavy atom. The fourth-order valence-electron chi connectivity index (χ4n) is 1.62. The molecule has 1 atom stereocenters. The highest BCUT2D eigenvalue weighted by molar-refractivity contribution is 5.81. The predicted octanol–water partition coefficient (Wildman–Crippen LogP) is 1.56. The van der Waals surface area contributed by atoms with Crippen molar-refractivity contribution in [2.24, 2.45) is 5.92 Å². The average molecular weight is 267 g/mol. The van der Waals surface area contributed by atoms with Gasteiger partial charge in [-0.15, -0.1) is 0 Å². The number of carboxylic acids is 1. The quantitative estimate of drug-likeness (QED) is 0.817. The second-order valence-corrected chi connectivity index (χ2v) is 5.24. The van der Waals surface area contributed by atoms with Crippen molar-refractivity contribution in [3.05, 3.63) is 22.7 Å². The molecule has 1 aromatic heterocycles. The van der Waals surface area contributed by atoms with E-state index in [-0.39, 0.29) is 11.4 Å². The van der Waals surface area contributed by atoms with Gasteiger partial charge in [-0.05, 0) is 19.3 Å². The number of aliphatic carboxylic acids is 1. The van der Waals surface area contributed by atoms with Gasteiger partial charge in [-0.2, -0.15) is 0 Å². The molecule has 1 unspecified atom stereocenters. The van der Waals surface area contributed by atoms with Crippen LogP contribution in [0.4, 0.5) is 5.82 Å². The second kappa shape index (κ2) is 5.86. The number of nitrogens with zero attached hydrogens (tertiary/aromatic N) is 2. The van der Waals surface area contributed by atoms with E-state index in [0.717, 1.165) is 0 Å². The Bertz CT molecular complexity index is 510. The zero-order valence-electron chi connectivity index (χ0n) is 11.8. The highest BCUT2D eigenvalue weighted by Gasteiger charge is 2.32. The molecule has 0 aliphatic heterocycles. The van der Waals surface area contributed by atoms with Gasteiger partial charge in [0, 0.05) is 18.9 Å². The maximum Gasteiger partial charge on any atom is 0.329 e. The van der Waals surface area contributed by atoms with Gasteiger partial charge in [0.15, 0.2) is 5.82 Å². The lowest BCUT2D eigenvalue weighted by atomic mass is 9.99. The summed E-state index contributed by atoms with van der Waals surface area (Å²) in [4.78, 5) is 27.4. The molecule has 1 heterocycles. The van der Waals surface area contributed by atoms with Gasteiger partial charge in [-0.1, -0.05) is 20.8 Å². The van der Waals surface area contributed by atoms with Crippen molar-refractivity contribution in [2.45, 2.75) is 46.2 Å². The molecule has 1 rings (SSSR count). The molecule has 106 valence electrons. The van der Waals surface area contributed by atoms with E-state index in [2.05, 4.69) is 10.3 Å². The smallest absolute Gasteiger partial charge is 0.329 e. The molecule has 19 heavy (non-hydrogen) atoms. The molecule has 0 bridgehead atoms. The van der Waals surface area contributed by atoms with E-state index in [1.165, 1.54) is 17.7 Å². The van der Waals surface area contributed by atoms with Gasteiger partial charge in [-0.3, -0.25) is 4.79 Å². The highest BCUT2D eigenvalue weighted by Crippen LogP contribution is 2.14. The molecule has 0 amide bonds. The molecule has 0 aliphatic rings. The Labute approximate surface area is 112 Å². The molecule has 0 radical (unpaired) electrons. The van der Waals surface area contributed by atoms with Crippen molar-refractivity contribution in [1.82, 2.24) is 9.55 Å². The van der Waals surface area contributed by atoms with Crippen LogP contribution in [0.25, 0.3) is 0 Å². The SMILES string of the molecule is CCC(C)(Nc1nccn(CC(C)C)c1=O)C(=O)O. The number of carboxylic acid groups (broad SMARTS) is 1. The van der Waals surface area contributed by atoms with Gasteiger partial charge in [0.1, 0.15) is 5.54 Å². The summed E-state index contributed by atoms with van der Waals surface area (Å²) in [6, 6.07) is 0. The molecule has 1 aromatic rings. The second-order valence-electron chi connectivity index (χ2n) is 5.24. The lowest BCUT2D eigenvalue weighted by molar-refractivity contribution is -0.141. The van der Waals surface area contributed by atoms with Crippen LogP contribution in [-0.4, -0.2) is 26.2 Å². The average Bonchev–Trinajstić information content (AvgIpc) is 2.33. The summed E-state index contributed by atoms with van der Waals surface area (Å²) < 4.78 is 1.54. The van der Waals surface area contributed by atoms with Crippen LogP contribution in [0, 0.1) is 5.92 Å². The summed E-state index contributed by atoms with van der Waals surface area (Å²) in [7, 11) is 0. The summed E-state index contributed by atoms with van der Waals surface area (Å²) in [6.07, 6.45) is 3.46. The standard InChI is InChI=1S/C13H21N3O3/c1-5-13(4,12(18)19)15-10-11(17)16(7-6-14-10)8-9(2)3/h6-7,9H,5,8H2,1-4H3,(H,14,15)(H,18,19). The van der Waals surface area contributed by atoms with Crippen LogP contribution in [0.2, 0.25) is 0 Å². The van der Waals surface area contributed by atoms with E-state index in [1.807, 2.05) is 13.8 Å². The van der Waals surface area contributed by atoms with Gasteiger partial charge in [0.25, 0.3) is 5.56 Å². The maximum atomic E-state index is 12.2. The van der Waals surface area contributed by atoms with Gasteiger partial charge >= 0.3 is 5.97 Å². The van der Waals surface area contributed by atoms with Crippen LogP contribution < -0.4 is 10.9 Å². The molecular formula is C13H21N3O3. The number of aromatic nitrogens is 2. The molecular weight excluding hydrogens is 246 g/mol. The summed E-state index contributed by atoms with van der Waals surface area (Å²) in [5.41, 5.74) is -1.49. The first-order valence-electron chi connectivity index (χ1n) is 6.37. The van der Waals surface area contributed by atoms with Crippen LogP contribution in [0.3, 0.4) is 0 Å². The van der Waals surface area contributed by atoms with Crippen molar-refractivity contribution in [1.29, 1.82) is 0 Å². The van der Waals surface area contributed by atoms with Crippen molar-refractivity contribution < 1.29 is 9.90 Å². The number of carbonyl (C=O) groups is 1. The van der Waals surface area contributed by atoms with Crippen LogP contribution >= 0.6 is 0 Å². The largest absolute Gasteiger partial charge is 0.480 e. The number of hydrogen-bond donors (Lipinski definition) is 2. The van der Waals surface area contributed by atoms with E-state index in [9.17, 15) is 14.7 Å². The molecule has 2 N–H and O–H groups in total. The van der Waals surface area contributed by atoms with Crippen LogP contribution in [-0.2, 0) is 11.3 Å². The minimum atomic E-state index is -1.19. The topological polar surface area (TPSA) is 84.2 Å². The highest BCUT2D eigenvalue weighted by atomic mass is 16.4. The van der Waals surface area contributed by atoms with Gasteiger partial charge in [0.2, 0.25) is 0 Å². The number of nitrogens with one attached hydrogen (secondary N) is 1. The Hall–Kier alpha value is -1.85. The van der Waals surface area contributed by atoms with Gasteiger partial charge in [0.05, 0.1) is 0 Å². The lowest BCUT2D eigenvalue weighted by Gasteiger charge is -2.25. The molecule has 0 fully saturated rings. The Kier molecular flexibility index (Phi) is 4.69. The van der Waals surface area contributed by atoms with E-state index in [1.54, 1.807) is 13.1 Å². The predicted molar refractivity (Wildman–Crippen MR) is 73.3 cm³/mol. The molecule has 0 aromatic carbocycles. The fourth-order valence-corrected chi connectivity index (χ4v) is 1.62. The van der Waals surface area contributed by atoms with Gasteiger partial charge < -0.3 is 15.0 Å². The Morgan fingerprint density at radius 1 is 1.58 bits per heavy atom. The minimum absolute atomic E-state index is 0.0786. The number of anilines is 1. The first-order valence-corrected chi connectivity index (χ1v) is 6.37. The number of hydrogen-bond acceptors (Lipinski definition) is 4. The van der Waals surface area contributed by atoms with E-state index < -0.39 is 11.5 Å². The van der Waals surface area contributed by atoms with Crippen LogP contribution in [0.1, 0.15) is 34.1 Å². The van der Waals surface area contributed by atoms with Gasteiger partial charge in [-0.25, -0.2) is 9.78 Å². The van der Waals surface area contributed by atoms with Crippen molar-refractivity contribution >= 4 is 11.8 Å².